The van der Waals surface area contributed by atoms with Gasteiger partial charge in [-0.25, -0.2) is 0 Å². The molecule has 0 heterocycles. The van der Waals surface area contributed by atoms with Crippen molar-refractivity contribution in [2.45, 2.75) is 19.9 Å². The highest BCUT2D eigenvalue weighted by Gasteiger charge is 1.86. The molecule has 0 fully saturated rings. The van der Waals surface area contributed by atoms with Crippen LogP contribution in [0.5, 0.6) is 0 Å². The van der Waals surface area contributed by atoms with Crippen LogP contribution in [-0.2, 0) is 0 Å². The molecule has 0 saturated heterocycles. The second-order valence-corrected chi connectivity index (χ2v) is 1.91. The first-order chi connectivity index (χ1) is 3.27. The van der Waals surface area contributed by atoms with Gasteiger partial charge in [0.05, 0.1) is 0 Å². The standard InChI is InChI=1S/C3H16B2N2/c1-3(2)6-5-7-4/h3H,5-7H2,1-2,4H3. The van der Waals surface area contributed by atoms with Gasteiger partial charge in [0.25, 0.3) is 0 Å². The van der Waals surface area contributed by atoms with Crippen LogP contribution in [0.2, 0.25) is 0 Å². The molecule has 0 aliphatic rings. The van der Waals surface area contributed by atoms with Crippen LogP contribution in [0.4, 0.5) is 0 Å². The Morgan fingerprint density at radius 3 is 2.29 bits per heavy atom. The number of hydrogen-bond acceptors (Lipinski definition) is 0. The zero-order valence-corrected chi connectivity index (χ0v) is 4.73. The van der Waals surface area contributed by atoms with E-state index in [9.17, 15) is 0 Å². The summed E-state index contributed by atoms with van der Waals surface area (Å²) in [5, 5.41) is 5.02. The van der Waals surface area contributed by atoms with Crippen molar-refractivity contribution in [1.29, 1.82) is 0 Å². The summed E-state index contributed by atoms with van der Waals surface area (Å²) in [4.78, 5) is 0. The van der Waals surface area contributed by atoms with Crippen molar-refractivity contribution in [3.8, 4) is 0 Å². The van der Waals surface area contributed by atoms with E-state index in [0.717, 1.165) is 6.04 Å². The second kappa shape index (κ2) is 4.22. The summed E-state index contributed by atoms with van der Waals surface area (Å²) in [6, 6.07) is 0.842. The van der Waals surface area contributed by atoms with Gasteiger partial charge in [0.15, 0.2) is 0 Å². The Hall–Kier alpha value is 0.0499. The van der Waals surface area contributed by atoms with Crippen LogP contribution < -0.4 is 10.4 Å². The lowest BCUT2D eigenvalue weighted by Crippen LogP contribution is -3.09. The molecule has 0 saturated carbocycles. The van der Waals surface area contributed by atoms with Crippen molar-refractivity contribution in [3.63, 3.8) is 0 Å². The fraction of sp³-hybridized carbons (Fsp3) is 1.00. The quantitative estimate of drug-likeness (QED) is 0.339. The van der Waals surface area contributed by atoms with Crippen LogP contribution >= 0.6 is 0 Å². The first-order valence-electron chi connectivity index (χ1n) is 2.64. The first-order valence-corrected chi connectivity index (χ1v) is 2.64. The van der Waals surface area contributed by atoms with Gasteiger partial charge >= 0.3 is 7.55 Å². The SMILES string of the molecule is [BH3-][NH2+][BH2-][NH2+]C(C)C. The van der Waals surface area contributed by atoms with E-state index >= 15 is 0 Å². The summed E-state index contributed by atoms with van der Waals surface area (Å²) in [7, 11) is 0.957. The lowest BCUT2D eigenvalue weighted by Gasteiger charge is -2.08. The Kier molecular flexibility index (Phi) is 4.25. The number of quaternary nitrogens is 2. The Morgan fingerprint density at radius 1 is 1.57 bits per heavy atom. The van der Waals surface area contributed by atoms with Crippen molar-refractivity contribution in [2.75, 3.05) is 0 Å². The summed E-state index contributed by atoms with van der Waals surface area (Å²) >= 11 is 0. The molecular formula is C3H16B2N2. The van der Waals surface area contributed by atoms with Crippen LogP contribution in [-0.4, -0.2) is 21.6 Å². The minimum atomic E-state index is 0.338. The van der Waals surface area contributed by atoms with Crippen molar-refractivity contribution in [2.24, 2.45) is 0 Å². The van der Waals surface area contributed by atoms with Gasteiger partial charge in [0.1, 0.15) is 7.98 Å². The van der Waals surface area contributed by atoms with Crippen molar-refractivity contribution >= 4 is 15.5 Å². The molecule has 0 amide bonds. The lowest BCUT2D eigenvalue weighted by molar-refractivity contribution is -0.610. The van der Waals surface area contributed by atoms with E-state index in [-0.39, 0.29) is 0 Å². The molecule has 0 aliphatic carbocycles. The third-order valence-electron chi connectivity index (χ3n) is 0.859. The largest absolute Gasteiger partial charge is 0.699 e. The molecular weight excluding hydrogens is 85.7 g/mol. The average molecular weight is 102 g/mol. The monoisotopic (exact) mass is 102 g/mol. The maximum absolute atomic E-state index is 2.54. The Morgan fingerprint density at radius 2 is 2.14 bits per heavy atom. The van der Waals surface area contributed by atoms with E-state index in [1.54, 1.807) is 0 Å². The molecule has 0 aromatic heterocycles. The van der Waals surface area contributed by atoms with Crippen LogP contribution in [0.25, 0.3) is 0 Å². The average Bonchev–Trinajstić information content (AvgIpc) is 1.61. The van der Waals surface area contributed by atoms with Gasteiger partial charge in [0, 0.05) is 6.04 Å². The summed E-state index contributed by atoms with van der Waals surface area (Å²) in [5.74, 6) is 0. The summed E-state index contributed by atoms with van der Waals surface area (Å²) < 4.78 is 0. The zero-order valence-electron chi connectivity index (χ0n) is 4.73. The topological polar surface area (TPSA) is 33.2 Å². The highest BCUT2D eigenvalue weighted by Crippen LogP contribution is 1.56. The van der Waals surface area contributed by atoms with E-state index in [0.29, 0.717) is 15.5 Å². The molecule has 0 radical (unpaired) electrons. The zero-order chi connectivity index (χ0) is 5.70. The molecule has 2 nitrogen and oxygen atoms in total. The molecule has 0 spiro atoms. The maximum atomic E-state index is 2.54. The number of rotatable bonds is 3. The van der Waals surface area contributed by atoms with E-state index in [1.807, 2.05) is 0 Å². The van der Waals surface area contributed by atoms with Gasteiger partial charge in [-0.05, 0) is 13.8 Å². The molecule has 7 heavy (non-hydrogen) atoms. The van der Waals surface area contributed by atoms with Crippen LogP contribution in [0.3, 0.4) is 0 Å². The van der Waals surface area contributed by atoms with Crippen molar-refractivity contribution in [3.05, 3.63) is 0 Å². The summed E-state index contributed by atoms with van der Waals surface area (Å²) in [6.07, 6.45) is 0. The highest BCUT2D eigenvalue weighted by molar-refractivity contribution is 6.19. The molecule has 0 atom stereocenters. The van der Waals surface area contributed by atoms with Gasteiger partial charge in [-0.3, -0.25) is 0 Å². The third-order valence-corrected chi connectivity index (χ3v) is 0.859. The normalized spacial score (nSPS) is 10.3. The van der Waals surface area contributed by atoms with E-state index in [1.165, 1.54) is 0 Å². The molecule has 0 aromatic rings. The smallest absolute Gasteiger partial charge is 0.339 e. The predicted octanol–water partition coefficient (Wildman–Crippen LogP) is -4.20. The maximum Gasteiger partial charge on any atom is 0.339 e. The highest BCUT2D eigenvalue weighted by atomic mass is 14.9. The lowest BCUT2D eigenvalue weighted by atomic mass is 10.1. The van der Waals surface area contributed by atoms with E-state index in [4.69, 9.17) is 0 Å². The van der Waals surface area contributed by atoms with E-state index < -0.39 is 0 Å². The Bertz CT molecular complexity index is 39.9. The fourth-order valence-electron chi connectivity index (χ4n) is 0.385. The van der Waals surface area contributed by atoms with Gasteiger partial charge in [0.2, 0.25) is 0 Å². The van der Waals surface area contributed by atoms with Gasteiger partial charge < -0.3 is 10.4 Å². The van der Waals surface area contributed by atoms with Gasteiger partial charge in [-0.2, -0.15) is 0 Å². The molecule has 4 heteroatoms. The molecule has 44 valence electrons. The van der Waals surface area contributed by atoms with Crippen molar-refractivity contribution in [1.82, 2.24) is 0 Å². The molecule has 0 aromatic carbocycles. The van der Waals surface area contributed by atoms with Gasteiger partial charge in [-0.1, -0.05) is 0 Å². The molecule has 0 bridgehead atoms. The minimum Gasteiger partial charge on any atom is -0.699 e. The van der Waals surface area contributed by atoms with Gasteiger partial charge in [-0.15, -0.1) is 0 Å². The Balaban J connectivity index is 2.68. The summed E-state index contributed by atoms with van der Waals surface area (Å²) in [5.41, 5.74) is 0. The first kappa shape index (κ1) is 7.05. The molecule has 0 unspecified atom stereocenters. The number of hydrogen-bond donors (Lipinski definition) is 2. The summed E-state index contributed by atoms with van der Waals surface area (Å²) in [6.45, 7) is 4.51. The van der Waals surface area contributed by atoms with Crippen LogP contribution in [0.1, 0.15) is 13.8 Å². The third kappa shape index (κ3) is 6.05. The minimum absolute atomic E-state index is 0.338. The Labute approximate surface area is 46.8 Å². The van der Waals surface area contributed by atoms with Crippen molar-refractivity contribution < 1.29 is 10.4 Å². The van der Waals surface area contributed by atoms with Crippen LogP contribution in [0, 0.1) is 0 Å². The number of nitrogens with two attached hydrogens (primary N) is 2. The molecule has 4 N–H and O–H groups in total. The predicted molar refractivity (Wildman–Crippen MR) is 37.5 cm³/mol. The van der Waals surface area contributed by atoms with Crippen LogP contribution in [0.15, 0.2) is 0 Å². The fourth-order valence-corrected chi connectivity index (χ4v) is 0.385. The second-order valence-electron chi connectivity index (χ2n) is 1.91. The molecule has 0 rings (SSSR count). The molecule has 0 aliphatic heterocycles. The van der Waals surface area contributed by atoms with E-state index in [2.05, 4.69) is 24.2 Å².